The molecule has 104 valence electrons. The number of carbonyl (C=O) groups is 1. The van der Waals surface area contributed by atoms with E-state index in [9.17, 15) is 18.0 Å². The number of hydrogen-bond donors (Lipinski definition) is 2. The normalized spacial score (nSPS) is 29.1. The number of nitrogens with zero attached hydrogens (tertiary/aromatic N) is 1. The number of rotatable bonds is 3. The molecular weight excluding hydrogens is 247 g/mol. The highest BCUT2D eigenvalue weighted by Gasteiger charge is 2.40. The van der Waals surface area contributed by atoms with Crippen molar-refractivity contribution < 1.29 is 18.0 Å². The van der Waals surface area contributed by atoms with Crippen molar-refractivity contribution in [3.63, 3.8) is 0 Å². The largest absolute Gasteiger partial charge is 0.405 e. The lowest BCUT2D eigenvalue weighted by Gasteiger charge is -2.22. The van der Waals surface area contributed by atoms with Gasteiger partial charge in [0.1, 0.15) is 6.54 Å². The van der Waals surface area contributed by atoms with Crippen LogP contribution in [0.1, 0.15) is 12.8 Å². The Labute approximate surface area is 104 Å². The van der Waals surface area contributed by atoms with Crippen molar-refractivity contribution in [3.05, 3.63) is 0 Å². The summed E-state index contributed by atoms with van der Waals surface area (Å²) in [5, 5.41) is 5.21. The van der Waals surface area contributed by atoms with E-state index < -0.39 is 18.6 Å². The minimum absolute atomic E-state index is 0.0673. The number of amides is 1. The number of likely N-dealkylation sites (tertiary alicyclic amines) is 1. The molecule has 0 radical (unpaired) electrons. The fourth-order valence-electron chi connectivity index (χ4n) is 2.76. The van der Waals surface area contributed by atoms with E-state index in [4.69, 9.17) is 0 Å². The standard InChI is InChI=1S/C11H18F3N3O/c12-11(13,14)7-16-9(18)5-17-4-2-10(8-17)1-3-15-6-10/h15H,1-8H2,(H,16,18). The van der Waals surface area contributed by atoms with Gasteiger partial charge in [-0.2, -0.15) is 13.2 Å². The van der Waals surface area contributed by atoms with Crippen LogP contribution in [0.2, 0.25) is 0 Å². The quantitative estimate of drug-likeness (QED) is 0.774. The molecule has 2 N–H and O–H groups in total. The Bertz CT molecular complexity index is 313. The smallest absolute Gasteiger partial charge is 0.346 e. The molecule has 0 aromatic heterocycles. The van der Waals surface area contributed by atoms with E-state index in [0.717, 1.165) is 39.0 Å². The molecule has 1 amide bonds. The van der Waals surface area contributed by atoms with Gasteiger partial charge in [-0.3, -0.25) is 9.69 Å². The maximum atomic E-state index is 11.9. The Morgan fingerprint density at radius 1 is 1.39 bits per heavy atom. The van der Waals surface area contributed by atoms with E-state index in [1.807, 2.05) is 10.2 Å². The van der Waals surface area contributed by atoms with Crippen molar-refractivity contribution in [3.8, 4) is 0 Å². The van der Waals surface area contributed by atoms with Gasteiger partial charge in [-0.05, 0) is 31.3 Å². The van der Waals surface area contributed by atoms with Crippen LogP contribution in [-0.2, 0) is 4.79 Å². The van der Waals surface area contributed by atoms with Crippen LogP contribution in [0.25, 0.3) is 0 Å². The van der Waals surface area contributed by atoms with Gasteiger partial charge in [0, 0.05) is 13.1 Å². The maximum Gasteiger partial charge on any atom is 0.405 e. The second kappa shape index (κ2) is 5.05. The molecule has 0 saturated carbocycles. The molecule has 18 heavy (non-hydrogen) atoms. The Morgan fingerprint density at radius 3 is 2.78 bits per heavy atom. The van der Waals surface area contributed by atoms with Gasteiger partial charge >= 0.3 is 6.18 Å². The summed E-state index contributed by atoms with van der Waals surface area (Å²) in [6, 6.07) is 0. The SMILES string of the molecule is O=C(CN1CCC2(CCNC2)C1)NCC(F)(F)F. The van der Waals surface area contributed by atoms with Crippen LogP contribution < -0.4 is 10.6 Å². The molecule has 1 atom stereocenters. The Kier molecular flexibility index (Phi) is 3.82. The third-order valence-corrected chi connectivity index (χ3v) is 3.70. The summed E-state index contributed by atoms with van der Waals surface area (Å²) in [6.45, 7) is 2.37. The second-order valence-electron chi connectivity index (χ2n) is 5.28. The molecule has 0 aliphatic carbocycles. The van der Waals surface area contributed by atoms with Gasteiger partial charge in [-0.15, -0.1) is 0 Å². The maximum absolute atomic E-state index is 11.9. The average Bonchev–Trinajstić information content (AvgIpc) is 2.87. The zero-order valence-electron chi connectivity index (χ0n) is 10.1. The van der Waals surface area contributed by atoms with Crippen LogP contribution in [0.3, 0.4) is 0 Å². The molecule has 2 fully saturated rings. The van der Waals surface area contributed by atoms with E-state index in [2.05, 4.69) is 5.32 Å². The first kappa shape index (κ1) is 13.6. The lowest BCUT2D eigenvalue weighted by Crippen LogP contribution is -2.41. The van der Waals surface area contributed by atoms with Crippen LogP contribution in [-0.4, -0.2) is 56.3 Å². The third kappa shape index (κ3) is 3.58. The molecular formula is C11H18F3N3O. The van der Waals surface area contributed by atoms with Crippen LogP contribution in [0.5, 0.6) is 0 Å². The molecule has 2 aliphatic rings. The first-order valence-electron chi connectivity index (χ1n) is 6.15. The van der Waals surface area contributed by atoms with E-state index in [1.54, 1.807) is 0 Å². The van der Waals surface area contributed by atoms with Gasteiger partial charge in [-0.1, -0.05) is 0 Å². The van der Waals surface area contributed by atoms with Gasteiger partial charge in [0.25, 0.3) is 0 Å². The number of halogens is 3. The molecule has 2 heterocycles. The fourth-order valence-corrected chi connectivity index (χ4v) is 2.76. The number of alkyl halides is 3. The lowest BCUT2D eigenvalue weighted by atomic mass is 9.87. The number of nitrogens with one attached hydrogen (secondary N) is 2. The summed E-state index contributed by atoms with van der Waals surface area (Å²) in [5.74, 6) is -0.546. The predicted molar refractivity (Wildman–Crippen MR) is 60.0 cm³/mol. The van der Waals surface area contributed by atoms with E-state index in [-0.39, 0.29) is 12.0 Å². The molecule has 0 aromatic carbocycles. The zero-order chi connectivity index (χ0) is 13.2. The van der Waals surface area contributed by atoms with E-state index >= 15 is 0 Å². The molecule has 2 aliphatic heterocycles. The highest BCUT2D eigenvalue weighted by molar-refractivity contribution is 5.78. The van der Waals surface area contributed by atoms with Crippen molar-refractivity contribution >= 4 is 5.91 Å². The summed E-state index contributed by atoms with van der Waals surface area (Å²) >= 11 is 0. The Balaban J connectivity index is 1.72. The molecule has 0 bridgehead atoms. The summed E-state index contributed by atoms with van der Waals surface area (Å²) in [7, 11) is 0. The van der Waals surface area contributed by atoms with E-state index in [0.29, 0.717) is 0 Å². The lowest BCUT2D eigenvalue weighted by molar-refractivity contribution is -0.138. The van der Waals surface area contributed by atoms with Crippen LogP contribution >= 0.6 is 0 Å². The highest BCUT2D eigenvalue weighted by Crippen LogP contribution is 2.35. The zero-order valence-corrected chi connectivity index (χ0v) is 10.1. The Morgan fingerprint density at radius 2 is 2.17 bits per heavy atom. The summed E-state index contributed by atoms with van der Waals surface area (Å²) in [5.41, 5.74) is 0.240. The van der Waals surface area contributed by atoms with Crippen molar-refractivity contribution in [2.24, 2.45) is 5.41 Å². The van der Waals surface area contributed by atoms with Crippen molar-refractivity contribution in [2.45, 2.75) is 19.0 Å². The average molecular weight is 265 g/mol. The first-order chi connectivity index (χ1) is 8.39. The molecule has 0 aromatic rings. The fraction of sp³-hybridized carbons (Fsp3) is 0.909. The van der Waals surface area contributed by atoms with Crippen LogP contribution in [0, 0.1) is 5.41 Å². The Hall–Kier alpha value is -0.820. The summed E-state index contributed by atoms with van der Waals surface area (Å²) in [6.07, 6.45) is -2.22. The van der Waals surface area contributed by atoms with Crippen molar-refractivity contribution in [1.82, 2.24) is 15.5 Å². The molecule has 4 nitrogen and oxygen atoms in total. The molecule has 7 heteroatoms. The molecule has 1 unspecified atom stereocenters. The minimum Gasteiger partial charge on any atom is -0.346 e. The van der Waals surface area contributed by atoms with Crippen LogP contribution in [0.4, 0.5) is 13.2 Å². The van der Waals surface area contributed by atoms with Gasteiger partial charge < -0.3 is 10.6 Å². The first-order valence-corrected chi connectivity index (χ1v) is 6.15. The highest BCUT2D eigenvalue weighted by atomic mass is 19.4. The van der Waals surface area contributed by atoms with Gasteiger partial charge in [0.15, 0.2) is 0 Å². The van der Waals surface area contributed by atoms with Gasteiger partial charge in [0.05, 0.1) is 6.54 Å². The molecule has 2 rings (SSSR count). The van der Waals surface area contributed by atoms with Gasteiger partial charge in [-0.25, -0.2) is 0 Å². The van der Waals surface area contributed by atoms with Crippen LogP contribution in [0.15, 0.2) is 0 Å². The molecule has 2 saturated heterocycles. The van der Waals surface area contributed by atoms with E-state index in [1.165, 1.54) is 0 Å². The minimum atomic E-state index is -4.34. The predicted octanol–water partition coefficient (Wildman–Crippen LogP) is 0.350. The van der Waals surface area contributed by atoms with Crippen molar-refractivity contribution in [2.75, 3.05) is 39.3 Å². The number of hydrogen-bond acceptors (Lipinski definition) is 3. The van der Waals surface area contributed by atoms with Gasteiger partial charge in [0.2, 0.25) is 5.91 Å². The van der Waals surface area contributed by atoms with Crippen molar-refractivity contribution in [1.29, 1.82) is 0 Å². The number of carbonyl (C=O) groups excluding carboxylic acids is 1. The molecule has 1 spiro atoms. The second-order valence-corrected chi connectivity index (χ2v) is 5.28. The third-order valence-electron chi connectivity index (χ3n) is 3.70. The summed E-state index contributed by atoms with van der Waals surface area (Å²) in [4.78, 5) is 13.3. The monoisotopic (exact) mass is 265 g/mol. The summed E-state index contributed by atoms with van der Waals surface area (Å²) < 4.78 is 35.8. The topological polar surface area (TPSA) is 44.4 Å².